The molecule has 0 aliphatic rings. The van der Waals surface area contributed by atoms with Gasteiger partial charge in [0.25, 0.3) is 0 Å². The second-order valence-corrected chi connectivity index (χ2v) is 5.92. The largest absolute Gasteiger partial charge is 0.324 e. The number of aryl methyl sites for hydroxylation is 4. The zero-order valence-electron chi connectivity index (χ0n) is 11.9. The lowest BCUT2D eigenvalue weighted by atomic mass is 9.98. The van der Waals surface area contributed by atoms with Gasteiger partial charge in [0.2, 0.25) is 0 Å². The van der Waals surface area contributed by atoms with Crippen LogP contribution in [0, 0.1) is 20.8 Å². The van der Waals surface area contributed by atoms with Crippen molar-refractivity contribution in [2.45, 2.75) is 33.2 Å². The molecule has 0 saturated carbocycles. The minimum atomic E-state index is -0.00889. The van der Waals surface area contributed by atoms with Gasteiger partial charge in [-0.15, -0.1) is 0 Å². The molecule has 0 spiro atoms. The fraction of sp³-hybridized carbons (Fsp3) is 0.400. The highest BCUT2D eigenvalue weighted by Crippen LogP contribution is 2.25. The number of rotatable bonds is 3. The Kier molecular flexibility index (Phi) is 4.11. The molecule has 0 fully saturated rings. The van der Waals surface area contributed by atoms with Crippen LogP contribution in [-0.4, -0.2) is 9.78 Å². The number of halogens is 1. The summed E-state index contributed by atoms with van der Waals surface area (Å²) < 4.78 is 2.97. The standard InChI is InChI=1S/C15H20BrN3/c1-9-5-6-12(7-10(9)2)13(17)8-14-15(16)11(3)18-19(14)4/h5-7,13H,8,17H2,1-4H3. The van der Waals surface area contributed by atoms with E-state index in [4.69, 9.17) is 5.73 Å². The number of hydrogen-bond acceptors (Lipinski definition) is 2. The van der Waals surface area contributed by atoms with Crippen LogP contribution >= 0.6 is 15.9 Å². The topological polar surface area (TPSA) is 43.8 Å². The second-order valence-electron chi connectivity index (χ2n) is 5.12. The first kappa shape index (κ1) is 14.3. The van der Waals surface area contributed by atoms with Gasteiger partial charge in [-0.3, -0.25) is 4.68 Å². The summed E-state index contributed by atoms with van der Waals surface area (Å²) in [6.45, 7) is 6.23. The molecule has 19 heavy (non-hydrogen) atoms. The first-order valence-corrected chi connectivity index (χ1v) is 7.20. The second kappa shape index (κ2) is 5.47. The fourth-order valence-electron chi connectivity index (χ4n) is 2.22. The van der Waals surface area contributed by atoms with E-state index in [1.807, 2.05) is 18.7 Å². The molecule has 1 aromatic carbocycles. The number of benzene rings is 1. The van der Waals surface area contributed by atoms with Crippen LogP contribution in [0.25, 0.3) is 0 Å². The third kappa shape index (κ3) is 2.90. The van der Waals surface area contributed by atoms with Gasteiger partial charge >= 0.3 is 0 Å². The van der Waals surface area contributed by atoms with Gasteiger partial charge < -0.3 is 5.73 Å². The molecule has 2 rings (SSSR count). The summed E-state index contributed by atoms with van der Waals surface area (Å²) >= 11 is 3.59. The summed E-state index contributed by atoms with van der Waals surface area (Å²) in [6.07, 6.45) is 0.778. The number of hydrogen-bond donors (Lipinski definition) is 1. The van der Waals surface area contributed by atoms with Crippen LogP contribution in [0.3, 0.4) is 0 Å². The van der Waals surface area contributed by atoms with E-state index in [1.165, 1.54) is 16.7 Å². The van der Waals surface area contributed by atoms with Crippen LogP contribution in [0.15, 0.2) is 22.7 Å². The van der Waals surface area contributed by atoms with Crippen LogP contribution in [0.4, 0.5) is 0 Å². The minimum Gasteiger partial charge on any atom is -0.324 e. The predicted octanol–water partition coefficient (Wildman–Crippen LogP) is 3.35. The molecule has 0 bridgehead atoms. The monoisotopic (exact) mass is 321 g/mol. The van der Waals surface area contributed by atoms with Crippen molar-refractivity contribution in [3.8, 4) is 0 Å². The molecule has 1 heterocycles. The Hall–Kier alpha value is -1.13. The number of nitrogens with two attached hydrogens (primary N) is 1. The first-order valence-electron chi connectivity index (χ1n) is 6.41. The maximum Gasteiger partial charge on any atom is 0.0738 e. The minimum absolute atomic E-state index is 0.00889. The molecule has 0 aliphatic heterocycles. The van der Waals surface area contributed by atoms with E-state index in [0.29, 0.717) is 0 Å². The lowest BCUT2D eigenvalue weighted by Crippen LogP contribution is -2.16. The quantitative estimate of drug-likeness (QED) is 0.942. The van der Waals surface area contributed by atoms with E-state index in [0.717, 1.165) is 22.3 Å². The van der Waals surface area contributed by atoms with Crippen molar-refractivity contribution in [1.82, 2.24) is 9.78 Å². The molecule has 1 atom stereocenters. The molecule has 4 heteroatoms. The average molecular weight is 322 g/mol. The maximum atomic E-state index is 6.33. The Morgan fingerprint density at radius 1 is 1.26 bits per heavy atom. The lowest BCUT2D eigenvalue weighted by Gasteiger charge is -2.14. The van der Waals surface area contributed by atoms with E-state index in [1.54, 1.807) is 0 Å². The van der Waals surface area contributed by atoms with Gasteiger partial charge in [-0.05, 0) is 53.4 Å². The highest BCUT2D eigenvalue weighted by atomic mass is 79.9. The van der Waals surface area contributed by atoms with E-state index in [2.05, 4.69) is 53.1 Å². The van der Waals surface area contributed by atoms with Gasteiger partial charge in [0, 0.05) is 19.5 Å². The van der Waals surface area contributed by atoms with Crippen LogP contribution in [0.5, 0.6) is 0 Å². The summed E-state index contributed by atoms with van der Waals surface area (Å²) in [4.78, 5) is 0. The summed E-state index contributed by atoms with van der Waals surface area (Å²) in [7, 11) is 1.96. The Morgan fingerprint density at radius 3 is 2.47 bits per heavy atom. The summed E-state index contributed by atoms with van der Waals surface area (Å²) in [5, 5.41) is 4.40. The molecular weight excluding hydrogens is 302 g/mol. The van der Waals surface area contributed by atoms with Crippen LogP contribution in [0.2, 0.25) is 0 Å². The van der Waals surface area contributed by atoms with Crippen molar-refractivity contribution in [3.05, 3.63) is 50.8 Å². The third-order valence-electron chi connectivity index (χ3n) is 3.63. The highest BCUT2D eigenvalue weighted by molar-refractivity contribution is 9.10. The van der Waals surface area contributed by atoms with Gasteiger partial charge in [-0.1, -0.05) is 18.2 Å². The normalized spacial score (nSPS) is 12.7. The summed E-state index contributed by atoms with van der Waals surface area (Å²) in [5.41, 5.74) is 12.2. The molecular formula is C15H20BrN3. The average Bonchev–Trinajstić information content (AvgIpc) is 2.59. The maximum absolute atomic E-state index is 6.33. The molecule has 0 radical (unpaired) electrons. The Balaban J connectivity index is 2.25. The Morgan fingerprint density at radius 2 is 1.95 bits per heavy atom. The zero-order valence-corrected chi connectivity index (χ0v) is 13.5. The van der Waals surface area contributed by atoms with E-state index in [9.17, 15) is 0 Å². The first-order chi connectivity index (χ1) is 8.90. The molecule has 2 aromatic rings. The Bertz CT molecular complexity index is 602. The van der Waals surface area contributed by atoms with Gasteiger partial charge in [0.15, 0.2) is 0 Å². The van der Waals surface area contributed by atoms with Crippen molar-refractivity contribution in [2.24, 2.45) is 12.8 Å². The van der Waals surface area contributed by atoms with Gasteiger partial charge in [-0.2, -0.15) is 5.10 Å². The highest BCUT2D eigenvalue weighted by Gasteiger charge is 2.15. The van der Waals surface area contributed by atoms with Crippen molar-refractivity contribution in [1.29, 1.82) is 0 Å². The Labute approximate surface area is 122 Å². The van der Waals surface area contributed by atoms with Crippen molar-refractivity contribution < 1.29 is 0 Å². The van der Waals surface area contributed by atoms with Crippen molar-refractivity contribution in [3.63, 3.8) is 0 Å². The van der Waals surface area contributed by atoms with Gasteiger partial charge in [0.1, 0.15) is 0 Å². The molecule has 1 unspecified atom stereocenters. The van der Waals surface area contributed by atoms with Crippen LogP contribution in [-0.2, 0) is 13.5 Å². The molecule has 2 N–H and O–H groups in total. The molecule has 0 saturated heterocycles. The molecule has 1 aromatic heterocycles. The van der Waals surface area contributed by atoms with Crippen molar-refractivity contribution in [2.75, 3.05) is 0 Å². The van der Waals surface area contributed by atoms with Crippen molar-refractivity contribution >= 4 is 15.9 Å². The van der Waals surface area contributed by atoms with Gasteiger partial charge in [0.05, 0.1) is 15.9 Å². The summed E-state index contributed by atoms with van der Waals surface area (Å²) in [5.74, 6) is 0. The van der Waals surface area contributed by atoms with E-state index >= 15 is 0 Å². The summed E-state index contributed by atoms with van der Waals surface area (Å²) in [6, 6.07) is 6.42. The van der Waals surface area contributed by atoms with E-state index in [-0.39, 0.29) is 6.04 Å². The predicted molar refractivity (Wildman–Crippen MR) is 82.2 cm³/mol. The zero-order chi connectivity index (χ0) is 14.2. The van der Waals surface area contributed by atoms with Crippen LogP contribution in [0.1, 0.15) is 34.1 Å². The van der Waals surface area contributed by atoms with Gasteiger partial charge in [-0.25, -0.2) is 0 Å². The molecule has 3 nitrogen and oxygen atoms in total. The fourth-order valence-corrected chi connectivity index (χ4v) is 2.72. The SMILES string of the molecule is Cc1ccc(C(N)Cc2c(Br)c(C)nn2C)cc1C. The number of nitrogens with zero attached hydrogens (tertiary/aromatic N) is 2. The molecule has 0 aliphatic carbocycles. The molecule has 0 amide bonds. The van der Waals surface area contributed by atoms with E-state index < -0.39 is 0 Å². The van der Waals surface area contributed by atoms with Crippen LogP contribution < -0.4 is 5.73 Å². The smallest absolute Gasteiger partial charge is 0.0738 e. The third-order valence-corrected chi connectivity index (χ3v) is 4.67. The lowest BCUT2D eigenvalue weighted by molar-refractivity contribution is 0.638. The number of aromatic nitrogens is 2. The molecule has 102 valence electrons.